The summed E-state index contributed by atoms with van der Waals surface area (Å²) < 4.78 is 34.5. The third-order valence-corrected chi connectivity index (χ3v) is 9.50. The molecule has 45 heavy (non-hydrogen) atoms. The Bertz CT molecular complexity index is 1710. The Morgan fingerprint density at radius 1 is 0.889 bits per heavy atom. The first-order valence-corrected chi connectivity index (χ1v) is 16.6. The SMILES string of the molecule is CCCNC(=O)[C@H](Cc1ccccc1)N(Cc1ccc(Cl)cc1Cl)C(=O)CN(c1cccc(OC)c1)S(=O)(=O)c1ccccc1. The minimum Gasteiger partial charge on any atom is -0.497 e. The van der Waals surface area contributed by atoms with Crippen molar-refractivity contribution in [1.82, 2.24) is 10.2 Å². The van der Waals surface area contributed by atoms with E-state index >= 15 is 0 Å². The lowest BCUT2D eigenvalue weighted by Crippen LogP contribution is -2.53. The summed E-state index contributed by atoms with van der Waals surface area (Å²) in [6, 6.07) is 27.6. The highest BCUT2D eigenvalue weighted by Crippen LogP contribution is 2.29. The van der Waals surface area contributed by atoms with Crippen LogP contribution in [0.4, 0.5) is 5.69 Å². The molecule has 0 spiro atoms. The quantitative estimate of drug-likeness (QED) is 0.169. The van der Waals surface area contributed by atoms with E-state index in [1.807, 2.05) is 37.3 Å². The lowest BCUT2D eigenvalue weighted by Gasteiger charge is -2.34. The number of methoxy groups -OCH3 is 1. The number of carbonyl (C=O) groups is 2. The van der Waals surface area contributed by atoms with Crippen molar-refractivity contribution in [2.75, 3.05) is 24.5 Å². The van der Waals surface area contributed by atoms with Crippen molar-refractivity contribution in [2.24, 2.45) is 0 Å². The van der Waals surface area contributed by atoms with Gasteiger partial charge in [0.25, 0.3) is 10.0 Å². The Kier molecular flexibility index (Phi) is 11.9. The van der Waals surface area contributed by atoms with Crippen molar-refractivity contribution in [1.29, 1.82) is 0 Å². The molecular weight excluding hydrogens is 633 g/mol. The molecule has 8 nitrogen and oxygen atoms in total. The van der Waals surface area contributed by atoms with Gasteiger partial charge in [-0.2, -0.15) is 0 Å². The van der Waals surface area contributed by atoms with E-state index in [2.05, 4.69) is 5.32 Å². The summed E-state index contributed by atoms with van der Waals surface area (Å²) >= 11 is 12.7. The number of rotatable bonds is 14. The van der Waals surface area contributed by atoms with Crippen molar-refractivity contribution in [3.05, 3.63) is 124 Å². The number of nitrogens with one attached hydrogen (secondary N) is 1. The monoisotopic (exact) mass is 667 g/mol. The molecule has 0 saturated carbocycles. The van der Waals surface area contributed by atoms with Gasteiger partial charge in [0.15, 0.2) is 0 Å². The van der Waals surface area contributed by atoms with Crippen molar-refractivity contribution in [3.63, 3.8) is 0 Å². The van der Waals surface area contributed by atoms with E-state index in [4.69, 9.17) is 27.9 Å². The number of sulfonamides is 1. The van der Waals surface area contributed by atoms with Crippen molar-refractivity contribution < 1.29 is 22.7 Å². The average Bonchev–Trinajstić information content (AvgIpc) is 3.05. The number of ether oxygens (including phenoxy) is 1. The maximum absolute atomic E-state index is 14.5. The third kappa shape index (κ3) is 8.78. The normalized spacial score (nSPS) is 11.8. The van der Waals surface area contributed by atoms with Crippen molar-refractivity contribution in [2.45, 2.75) is 37.2 Å². The molecule has 0 saturated heterocycles. The van der Waals surface area contributed by atoms with Crippen LogP contribution in [-0.4, -0.2) is 51.4 Å². The molecule has 0 bridgehead atoms. The zero-order valence-corrected chi connectivity index (χ0v) is 27.4. The van der Waals surface area contributed by atoms with E-state index in [9.17, 15) is 18.0 Å². The fourth-order valence-corrected chi connectivity index (χ4v) is 6.66. The summed E-state index contributed by atoms with van der Waals surface area (Å²) in [5.74, 6) is -0.548. The van der Waals surface area contributed by atoms with Crippen LogP contribution in [0.1, 0.15) is 24.5 Å². The van der Waals surface area contributed by atoms with Gasteiger partial charge in [0.1, 0.15) is 18.3 Å². The third-order valence-electron chi connectivity index (χ3n) is 7.13. The van der Waals surface area contributed by atoms with E-state index < -0.39 is 28.5 Å². The van der Waals surface area contributed by atoms with Crippen LogP contribution in [-0.2, 0) is 32.6 Å². The number of amides is 2. The second kappa shape index (κ2) is 15.8. The van der Waals surface area contributed by atoms with E-state index in [1.165, 1.54) is 24.1 Å². The summed E-state index contributed by atoms with van der Waals surface area (Å²) in [6.45, 7) is 1.68. The van der Waals surface area contributed by atoms with E-state index in [0.717, 1.165) is 9.87 Å². The van der Waals surface area contributed by atoms with Gasteiger partial charge in [0, 0.05) is 35.6 Å². The number of carbonyl (C=O) groups excluding carboxylic acids is 2. The molecular formula is C34H35Cl2N3O5S. The molecule has 0 aliphatic rings. The molecule has 4 aromatic carbocycles. The second-order valence-corrected chi connectivity index (χ2v) is 13.0. The molecule has 0 radical (unpaired) electrons. The molecule has 0 aliphatic heterocycles. The zero-order chi connectivity index (χ0) is 32.4. The van der Waals surface area contributed by atoms with E-state index in [1.54, 1.807) is 60.7 Å². The van der Waals surface area contributed by atoms with Crippen molar-refractivity contribution >= 4 is 50.7 Å². The lowest BCUT2D eigenvalue weighted by molar-refractivity contribution is -0.140. The Morgan fingerprint density at radius 3 is 2.22 bits per heavy atom. The summed E-state index contributed by atoms with van der Waals surface area (Å²) in [5, 5.41) is 3.65. The topological polar surface area (TPSA) is 96.0 Å². The number of hydrogen-bond donors (Lipinski definition) is 1. The van der Waals surface area contributed by atoms with Gasteiger partial charge in [-0.15, -0.1) is 0 Å². The van der Waals surface area contributed by atoms with Gasteiger partial charge in [0.05, 0.1) is 17.7 Å². The Morgan fingerprint density at radius 2 is 1.58 bits per heavy atom. The van der Waals surface area contributed by atoms with Gasteiger partial charge in [0.2, 0.25) is 11.8 Å². The summed E-state index contributed by atoms with van der Waals surface area (Å²) in [6.07, 6.45) is 0.887. The molecule has 4 rings (SSSR count). The van der Waals surface area contributed by atoms with Gasteiger partial charge in [-0.05, 0) is 53.9 Å². The molecule has 0 aromatic heterocycles. The minimum absolute atomic E-state index is 0.00874. The molecule has 0 aliphatic carbocycles. The molecule has 11 heteroatoms. The van der Waals surface area contributed by atoms with Crippen LogP contribution in [0.5, 0.6) is 5.75 Å². The number of nitrogens with zero attached hydrogens (tertiary/aromatic N) is 2. The highest BCUT2D eigenvalue weighted by molar-refractivity contribution is 7.92. The highest BCUT2D eigenvalue weighted by atomic mass is 35.5. The second-order valence-electron chi connectivity index (χ2n) is 10.3. The molecule has 2 amide bonds. The van der Waals surface area contributed by atoms with Crippen LogP contribution in [0.3, 0.4) is 0 Å². The maximum Gasteiger partial charge on any atom is 0.264 e. The lowest BCUT2D eigenvalue weighted by atomic mass is 10.0. The van der Waals surface area contributed by atoms with Gasteiger partial charge in [-0.3, -0.25) is 13.9 Å². The van der Waals surface area contributed by atoms with Crippen molar-refractivity contribution in [3.8, 4) is 5.75 Å². The fraction of sp³-hybridized carbons (Fsp3) is 0.235. The molecule has 0 unspecified atom stereocenters. The van der Waals surface area contributed by atoms with E-state index in [0.29, 0.717) is 34.3 Å². The zero-order valence-electron chi connectivity index (χ0n) is 25.0. The predicted octanol–water partition coefficient (Wildman–Crippen LogP) is 6.36. The summed E-state index contributed by atoms with van der Waals surface area (Å²) in [4.78, 5) is 29.6. The minimum atomic E-state index is -4.23. The van der Waals surface area contributed by atoms with Gasteiger partial charge < -0.3 is 15.0 Å². The molecule has 1 atom stereocenters. The maximum atomic E-state index is 14.5. The molecule has 0 fully saturated rings. The fourth-order valence-electron chi connectivity index (χ4n) is 4.77. The standard InChI is InChI=1S/C34H35Cl2N3O5S/c1-3-19-37-34(41)32(20-25-11-6-4-7-12-25)38(23-26-17-18-27(35)21-31(26)36)33(40)24-39(28-13-10-14-29(22-28)44-2)45(42,43)30-15-8-5-9-16-30/h4-18,21-22,32H,3,19-20,23-24H2,1-2H3,(H,37,41)/t32-/m0/s1. The average molecular weight is 669 g/mol. The van der Waals surface area contributed by atoms with Gasteiger partial charge in [-0.1, -0.05) is 90.8 Å². The van der Waals surface area contributed by atoms with Gasteiger partial charge >= 0.3 is 0 Å². The number of benzene rings is 4. The van der Waals surface area contributed by atoms with Crippen LogP contribution in [0.25, 0.3) is 0 Å². The van der Waals surface area contributed by atoms with Crippen LogP contribution >= 0.6 is 23.2 Å². The Labute approximate surface area is 274 Å². The molecule has 0 heterocycles. The largest absolute Gasteiger partial charge is 0.497 e. The van der Waals surface area contributed by atoms with Crippen LogP contribution in [0, 0.1) is 0 Å². The van der Waals surface area contributed by atoms with Crippen LogP contribution in [0.15, 0.2) is 108 Å². The predicted molar refractivity (Wildman–Crippen MR) is 178 cm³/mol. The molecule has 4 aromatic rings. The first kappa shape index (κ1) is 33.8. The first-order valence-electron chi connectivity index (χ1n) is 14.4. The number of anilines is 1. The molecule has 236 valence electrons. The Balaban J connectivity index is 1.82. The summed E-state index contributed by atoms with van der Waals surface area (Å²) in [5.41, 5.74) is 1.61. The molecule has 1 N–H and O–H groups in total. The smallest absolute Gasteiger partial charge is 0.264 e. The van der Waals surface area contributed by atoms with Gasteiger partial charge in [-0.25, -0.2) is 8.42 Å². The number of hydrogen-bond acceptors (Lipinski definition) is 5. The van der Waals surface area contributed by atoms with Crippen LogP contribution < -0.4 is 14.4 Å². The van der Waals surface area contributed by atoms with E-state index in [-0.39, 0.29) is 29.5 Å². The Hall–Kier alpha value is -4.05. The number of halogens is 2. The van der Waals surface area contributed by atoms with Crippen LogP contribution in [0.2, 0.25) is 10.0 Å². The highest BCUT2D eigenvalue weighted by Gasteiger charge is 2.35. The first-order chi connectivity index (χ1) is 21.6. The summed E-state index contributed by atoms with van der Waals surface area (Å²) in [7, 11) is -2.75.